The van der Waals surface area contributed by atoms with Crippen molar-refractivity contribution in [2.45, 2.75) is 31.4 Å². The molecule has 22 heavy (non-hydrogen) atoms. The number of esters is 1. The average molecular weight is 300 g/mol. The van der Waals surface area contributed by atoms with Gasteiger partial charge in [-0.05, 0) is 30.9 Å². The summed E-state index contributed by atoms with van der Waals surface area (Å²) >= 11 is 0. The largest absolute Gasteiger partial charge is 0.461 e. The Morgan fingerprint density at radius 2 is 2.18 bits per heavy atom. The first-order valence-electron chi connectivity index (χ1n) is 7.67. The second-order valence-corrected chi connectivity index (χ2v) is 5.42. The van der Waals surface area contributed by atoms with E-state index in [4.69, 9.17) is 9.47 Å². The molecule has 1 saturated heterocycles. The van der Waals surface area contributed by atoms with Crippen LogP contribution in [0.4, 0.5) is 0 Å². The van der Waals surface area contributed by atoms with Gasteiger partial charge in [0, 0.05) is 19.0 Å². The Morgan fingerprint density at radius 3 is 2.86 bits per heavy atom. The minimum absolute atomic E-state index is 0.0201. The first kappa shape index (κ1) is 14.8. The third-order valence-corrected chi connectivity index (χ3v) is 3.81. The number of aromatic nitrogens is 2. The molecular weight excluding hydrogens is 280 g/mol. The van der Waals surface area contributed by atoms with Gasteiger partial charge in [-0.1, -0.05) is 30.3 Å². The third kappa shape index (κ3) is 3.54. The minimum Gasteiger partial charge on any atom is -0.461 e. The molecule has 0 unspecified atom stereocenters. The van der Waals surface area contributed by atoms with E-state index in [-0.39, 0.29) is 12.1 Å². The van der Waals surface area contributed by atoms with Gasteiger partial charge in [-0.15, -0.1) is 0 Å². The monoisotopic (exact) mass is 300 g/mol. The topological polar surface area (TPSA) is 53.4 Å². The van der Waals surface area contributed by atoms with Crippen LogP contribution in [0, 0.1) is 0 Å². The summed E-state index contributed by atoms with van der Waals surface area (Å²) < 4.78 is 12.7. The van der Waals surface area contributed by atoms with Gasteiger partial charge < -0.3 is 9.47 Å². The Morgan fingerprint density at radius 1 is 1.32 bits per heavy atom. The maximum atomic E-state index is 12.5. The summed E-state index contributed by atoms with van der Waals surface area (Å²) in [5, 5.41) is 4.19. The molecule has 1 aliphatic heterocycles. The second-order valence-electron chi connectivity index (χ2n) is 5.42. The predicted octanol–water partition coefficient (Wildman–Crippen LogP) is 2.58. The zero-order chi connectivity index (χ0) is 15.2. The molecule has 0 N–H and O–H groups in total. The van der Waals surface area contributed by atoms with Crippen LogP contribution in [-0.4, -0.2) is 35.1 Å². The lowest BCUT2D eigenvalue weighted by Gasteiger charge is -2.23. The molecule has 1 fully saturated rings. The van der Waals surface area contributed by atoms with Crippen molar-refractivity contribution in [2.75, 3.05) is 13.2 Å². The van der Waals surface area contributed by atoms with Gasteiger partial charge in [0.2, 0.25) is 0 Å². The van der Waals surface area contributed by atoms with E-state index in [1.807, 2.05) is 30.3 Å². The number of benzene rings is 1. The van der Waals surface area contributed by atoms with Crippen LogP contribution >= 0.6 is 0 Å². The van der Waals surface area contributed by atoms with Crippen LogP contribution < -0.4 is 0 Å². The summed E-state index contributed by atoms with van der Waals surface area (Å²) in [6, 6.07) is 10.8. The minimum atomic E-state index is -0.556. The molecule has 2 atom stereocenters. The molecule has 5 nitrogen and oxygen atoms in total. The number of rotatable bonds is 5. The Labute approximate surface area is 129 Å². The van der Waals surface area contributed by atoms with E-state index < -0.39 is 6.04 Å². The number of carbonyl (C=O) groups is 1. The molecule has 0 spiro atoms. The van der Waals surface area contributed by atoms with Crippen LogP contribution in [0.5, 0.6) is 0 Å². The van der Waals surface area contributed by atoms with Crippen molar-refractivity contribution in [3.8, 4) is 0 Å². The first-order valence-corrected chi connectivity index (χ1v) is 7.67. The van der Waals surface area contributed by atoms with Gasteiger partial charge in [0.15, 0.2) is 6.04 Å². The fourth-order valence-electron chi connectivity index (χ4n) is 2.66. The van der Waals surface area contributed by atoms with E-state index in [0.717, 1.165) is 31.4 Å². The van der Waals surface area contributed by atoms with Crippen LogP contribution in [0.15, 0.2) is 48.8 Å². The second kappa shape index (κ2) is 7.22. The molecule has 0 saturated carbocycles. The zero-order valence-corrected chi connectivity index (χ0v) is 12.4. The number of hydrogen-bond donors (Lipinski definition) is 0. The molecular formula is C17H20N2O3. The summed E-state index contributed by atoms with van der Waals surface area (Å²) in [5.41, 5.74) is 0.862. The van der Waals surface area contributed by atoms with Gasteiger partial charge in [-0.25, -0.2) is 4.79 Å². The Hall–Kier alpha value is -2.14. The number of hydrogen-bond acceptors (Lipinski definition) is 4. The Kier molecular flexibility index (Phi) is 4.85. The molecule has 5 heteroatoms. The predicted molar refractivity (Wildman–Crippen MR) is 81.4 cm³/mol. The van der Waals surface area contributed by atoms with Gasteiger partial charge >= 0.3 is 5.97 Å². The highest BCUT2D eigenvalue weighted by Crippen LogP contribution is 2.20. The van der Waals surface area contributed by atoms with Crippen molar-refractivity contribution in [1.29, 1.82) is 0 Å². The van der Waals surface area contributed by atoms with Gasteiger partial charge in [-0.2, -0.15) is 5.10 Å². The van der Waals surface area contributed by atoms with Crippen molar-refractivity contribution in [3.63, 3.8) is 0 Å². The molecule has 2 heterocycles. The molecule has 2 aromatic rings. The molecule has 1 aromatic carbocycles. The van der Waals surface area contributed by atoms with Gasteiger partial charge in [0.25, 0.3) is 0 Å². The lowest BCUT2D eigenvalue weighted by atomic mass is 10.1. The maximum absolute atomic E-state index is 12.5. The number of ether oxygens (including phenoxy) is 2. The molecule has 1 aromatic heterocycles. The number of carbonyl (C=O) groups excluding carboxylic acids is 1. The van der Waals surface area contributed by atoms with Crippen LogP contribution in [0.25, 0.3) is 0 Å². The van der Waals surface area contributed by atoms with E-state index in [0.29, 0.717) is 6.61 Å². The smallest absolute Gasteiger partial charge is 0.335 e. The van der Waals surface area contributed by atoms with E-state index in [1.165, 1.54) is 0 Å². The van der Waals surface area contributed by atoms with Crippen molar-refractivity contribution in [1.82, 2.24) is 9.78 Å². The quantitative estimate of drug-likeness (QED) is 0.796. The fraction of sp³-hybridized carbons (Fsp3) is 0.412. The Bertz CT molecular complexity index is 577. The number of nitrogens with zero attached hydrogens (tertiary/aromatic N) is 2. The normalized spacial score (nSPS) is 19.5. The lowest BCUT2D eigenvalue weighted by Crippen LogP contribution is -2.30. The molecule has 0 radical (unpaired) electrons. The van der Waals surface area contributed by atoms with Crippen molar-refractivity contribution in [3.05, 3.63) is 54.4 Å². The van der Waals surface area contributed by atoms with Gasteiger partial charge in [0.05, 0.1) is 6.10 Å². The molecule has 1 aliphatic rings. The van der Waals surface area contributed by atoms with Crippen LogP contribution in [0.2, 0.25) is 0 Å². The highest BCUT2D eigenvalue weighted by molar-refractivity contribution is 5.78. The maximum Gasteiger partial charge on any atom is 0.335 e. The van der Waals surface area contributed by atoms with E-state index in [2.05, 4.69) is 5.10 Å². The van der Waals surface area contributed by atoms with E-state index in [9.17, 15) is 4.79 Å². The molecule has 0 aliphatic carbocycles. The lowest BCUT2D eigenvalue weighted by molar-refractivity contribution is -0.152. The Balaban J connectivity index is 1.70. The first-order chi connectivity index (χ1) is 10.8. The molecule has 0 amide bonds. The van der Waals surface area contributed by atoms with Crippen LogP contribution in [0.1, 0.15) is 30.9 Å². The molecule has 0 bridgehead atoms. The molecule has 116 valence electrons. The van der Waals surface area contributed by atoms with Crippen molar-refractivity contribution in [2.24, 2.45) is 0 Å². The van der Waals surface area contributed by atoms with E-state index >= 15 is 0 Å². The average Bonchev–Trinajstić information content (AvgIpc) is 3.09. The van der Waals surface area contributed by atoms with Crippen molar-refractivity contribution >= 4 is 5.97 Å². The summed E-state index contributed by atoms with van der Waals surface area (Å²) in [5.74, 6) is -0.302. The summed E-state index contributed by atoms with van der Waals surface area (Å²) in [6.45, 7) is 1.06. The summed E-state index contributed by atoms with van der Waals surface area (Å²) in [7, 11) is 0. The standard InChI is InChI=1S/C17H20N2O3/c20-17(22-13-15-9-4-5-12-21-15)16(19-11-6-10-18-19)14-7-2-1-3-8-14/h1-3,6-8,10-11,15-16H,4-5,9,12-13H2/t15-,16+/m1/s1. The van der Waals surface area contributed by atoms with Crippen molar-refractivity contribution < 1.29 is 14.3 Å². The molecule has 3 rings (SSSR count). The highest BCUT2D eigenvalue weighted by Gasteiger charge is 2.26. The van der Waals surface area contributed by atoms with Crippen LogP contribution in [0.3, 0.4) is 0 Å². The summed E-state index contributed by atoms with van der Waals surface area (Å²) in [6.07, 6.45) is 6.62. The zero-order valence-electron chi connectivity index (χ0n) is 12.4. The van der Waals surface area contributed by atoms with Gasteiger partial charge in [0.1, 0.15) is 6.61 Å². The van der Waals surface area contributed by atoms with Crippen LogP contribution in [-0.2, 0) is 14.3 Å². The summed E-state index contributed by atoms with van der Waals surface area (Å²) in [4.78, 5) is 12.5. The highest BCUT2D eigenvalue weighted by atomic mass is 16.6. The fourth-order valence-corrected chi connectivity index (χ4v) is 2.66. The van der Waals surface area contributed by atoms with Gasteiger partial charge in [-0.3, -0.25) is 4.68 Å². The SMILES string of the molecule is O=C(OC[C@H]1CCCCO1)[C@H](c1ccccc1)n1cccn1. The van der Waals surface area contributed by atoms with E-state index in [1.54, 1.807) is 23.1 Å². The third-order valence-electron chi connectivity index (χ3n) is 3.81.